The van der Waals surface area contributed by atoms with E-state index < -0.39 is 0 Å². The molecule has 0 fully saturated rings. The van der Waals surface area contributed by atoms with Gasteiger partial charge in [0.05, 0.1) is 0 Å². The third-order valence-electron chi connectivity index (χ3n) is 2.32. The summed E-state index contributed by atoms with van der Waals surface area (Å²) >= 11 is 0. The lowest BCUT2D eigenvalue weighted by Gasteiger charge is -2.08. The van der Waals surface area contributed by atoms with Crippen molar-refractivity contribution in [2.75, 3.05) is 6.54 Å². The third kappa shape index (κ3) is 12.3. The summed E-state index contributed by atoms with van der Waals surface area (Å²) in [5, 5.41) is 11.7. The third-order valence-corrected chi connectivity index (χ3v) is 5.18. The minimum atomic E-state index is -0.350. The summed E-state index contributed by atoms with van der Waals surface area (Å²) < 4.78 is 0. The summed E-state index contributed by atoms with van der Waals surface area (Å²) in [5.74, 6) is 0. The number of hydrogen-bond acceptors (Lipinski definition) is 5. The van der Waals surface area contributed by atoms with Crippen LogP contribution in [0.15, 0.2) is 29.4 Å². The van der Waals surface area contributed by atoms with Crippen molar-refractivity contribution >= 4 is 26.6 Å². The van der Waals surface area contributed by atoms with Crippen LogP contribution >= 0.6 is 21.6 Å². The summed E-state index contributed by atoms with van der Waals surface area (Å²) in [5.41, 5.74) is 0. The number of allylic oxidation sites excluding steroid dienone is 1. The van der Waals surface area contributed by atoms with Crippen LogP contribution in [0.2, 0.25) is 0 Å². The summed E-state index contributed by atoms with van der Waals surface area (Å²) in [6.45, 7) is 6.27. The van der Waals surface area contributed by atoms with Gasteiger partial charge in [0.2, 0.25) is 6.54 Å². The molecule has 0 spiro atoms. The molecule has 0 saturated carbocycles. The van der Waals surface area contributed by atoms with Crippen LogP contribution < -0.4 is 0 Å². The molecule has 0 aromatic carbocycles. The lowest BCUT2D eigenvalue weighted by atomic mass is 10.2. The Morgan fingerprint density at radius 2 is 2.15 bits per heavy atom. The molecule has 0 amide bonds. The molecule has 0 N–H and O–H groups in total. The second-order valence-electron chi connectivity index (χ2n) is 4.31. The molecule has 1 atom stereocenters. The molecule has 0 aromatic rings. The van der Waals surface area contributed by atoms with Gasteiger partial charge >= 0.3 is 0 Å². The van der Waals surface area contributed by atoms with Gasteiger partial charge in [-0.1, -0.05) is 50.5 Å². The molecular weight excluding hydrogens is 292 g/mol. The van der Waals surface area contributed by atoms with Crippen LogP contribution in [0.25, 0.3) is 0 Å². The number of nitrogens with zero attached hydrogens (tertiary/aromatic N) is 2. The van der Waals surface area contributed by atoms with Gasteiger partial charge in [-0.2, -0.15) is 0 Å². The molecule has 0 aliphatic carbocycles. The molecule has 114 valence electrons. The van der Waals surface area contributed by atoms with Gasteiger partial charge in [-0.3, -0.25) is 10.1 Å². The molecule has 4 nitrogen and oxygen atoms in total. The number of rotatable bonds is 10. The summed E-state index contributed by atoms with van der Waals surface area (Å²) in [7, 11) is 3.36. The summed E-state index contributed by atoms with van der Waals surface area (Å²) in [6.07, 6.45) is 11.6. The van der Waals surface area contributed by atoms with Crippen LogP contribution in [0.3, 0.4) is 0 Å². The second kappa shape index (κ2) is 13.2. The molecule has 20 heavy (non-hydrogen) atoms. The Labute approximate surface area is 129 Å². The topological polar surface area (TPSA) is 55.5 Å². The average molecular weight is 316 g/mol. The predicted molar refractivity (Wildman–Crippen MR) is 92.0 cm³/mol. The standard InChI is InChI=1S/C14H24N2O2S2/c1-4-6-9-13(3)19-20-14(15-11-7-5-2)10-8-12-16(17)18/h7-8,10-11,13H,4-6,9,12H2,1-3H3/b10-8-,11-7-,15-14+. The molecule has 0 aliphatic rings. The smallest absolute Gasteiger partial charge is 0.222 e. The van der Waals surface area contributed by atoms with Crippen LogP contribution in [0.1, 0.15) is 46.5 Å². The van der Waals surface area contributed by atoms with Crippen molar-refractivity contribution in [3.05, 3.63) is 34.5 Å². The molecule has 1 unspecified atom stereocenters. The van der Waals surface area contributed by atoms with Crippen molar-refractivity contribution in [1.29, 1.82) is 0 Å². The van der Waals surface area contributed by atoms with E-state index in [2.05, 4.69) is 18.8 Å². The summed E-state index contributed by atoms with van der Waals surface area (Å²) in [4.78, 5) is 14.3. The number of aliphatic imine (C=N–C) groups is 1. The second-order valence-corrected chi connectivity index (χ2v) is 6.97. The van der Waals surface area contributed by atoms with Crippen LogP contribution in [-0.4, -0.2) is 21.8 Å². The maximum Gasteiger partial charge on any atom is 0.222 e. The van der Waals surface area contributed by atoms with E-state index in [-0.39, 0.29) is 11.5 Å². The largest absolute Gasteiger partial charge is 0.264 e. The molecule has 6 heteroatoms. The molecule has 0 aliphatic heterocycles. The van der Waals surface area contributed by atoms with E-state index in [0.29, 0.717) is 5.25 Å². The van der Waals surface area contributed by atoms with Gasteiger partial charge in [0.1, 0.15) is 5.04 Å². The zero-order chi connectivity index (χ0) is 15.2. The quantitative estimate of drug-likeness (QED) is 0.185. The van der Waals surface area contributed by atoms with Crippen LogP contribution in [0, 0.1) is 10.1 Å². The van der Waals surface area contributed by atoms with E-state index >= 15 is 0 Å². The van der Waals surface area contributed by atoms with Crippen molar-refractivity contribution in [1.82, 2.24) is 0 Å². The SMILES string of the molecule is CC\C=C/N=C(\C=C/C[N+](=O)[O-])SSC(C)CCCC. The normalized spacial score (nSPS) is 14.2. The number of nitro groups is 1. The Morgan fingerprint density at radius 1 is 1.40 bits per heavy atom. The highest BCUT2D eigenvalue weighted by molar-refractivity contribution is 8.82. The molecular formula is C14H24N2O2S2. The average Bonchev–Trinajstić information content (AvgIpc) is 2.41. The first-order valence-corrected chi connectivity index (χ1v) is 9.15. The fourth-order valence-electron chi connectivity index (χ4n) is 1.23. The van der Waals surface area contributed by atoms with Crippen molar-refractivity contribution in [2.45, 2.75) is 51.7 Å². The van der Waals surface area contributed by atoms with E-state index in [1.54, 1.807) is 39.9 Å². The first-order chi connectivity index (χ1) is 9.60. The minimum absolute atomic E-state index is 0.160. The molecule has 0 radical (unpaired) electrons. The van der Waals surface area contributed by atoms with Gasteiger partial charge in [-0.15, -0.1) is 0 Å². The minimum Gasteiger partial charge on any atom is -0.264 e. The zero-order valence-corrected chi connectivity index (χ0v) is 14.1. The Bertz CT molecular complexity index is 355. The molecule has 0 saturated heterocycles. The van der Waals surface area contributed by atoms with E-state index in [1.165, 1.54) is 19.3 Å². The lowest BCUT2D eigenvalue weighted by molar-refractivity contribution is -0.468. The maximum absolute atomic E-state index is 10.3. The first kappa shape index (κ1) is 19.2. The van der Waals surface area contributed by atoms with Gasteiger partial charge < -0.3 is 0 Å². The molecule has 0 heterocycles. The highest BCUT2D eigenvalue weighted by Gasteiger charge is 2.05. The maximum atomic E-state index is 10.3. The van der Waals surface area contributed by atoms with Crippen molar-refractivity contribution in [2.24, 2.45) is 4.99 Å². The Hall–Kier alpha value is -0.750. The van der Waals surface area contributed by atoms with Gasteiger partial charge in [0.15, 0.2) is 0 Å². The van der Waals surface area contributed by atoms with Gasteiger partial charge in [0, 0.05) is 16.4 Å². The predicted octanol–water partition coefficient (Wildman–Crippen LogP) is 5.10. The Kier molecular flexibility index (Phi) is 12.7. The van der Waals surface area contributed by atoms with E-state index in [1.807, 2.05) is 13.0 Å². The van der Waals surface area contributed by atoms with Gasteiger partial charge in [-0.05, 0) is 35.8 Å². The Morgan fingerprint density at radius 3 is 2.75 bits per heavy atom. The van der Waals surface area contributed by atoms with E-state index in [4.69, 9.17) is 0 Å². The van der Waals surface area contributed by atoms with Crippen molar-refractivity contribution in [3.8, 4) is 0 Å². The monoisotopic (exact) mass is 316 g/mol. The first-order valence-electron chi connectivity index (χ1n) is 6.94. The molecule has 0 rings (SSSR count). The van der Waals surface area contributed by atoms with Crippen LogP contribution in [0.5, 0.6) is 0 Å². The van der Waals surface area contributed by atoms with Gasteiger partial charge in [0.25, 0.3) is 0 Å². The van der Waals surface area contributed by atoms with E-state index in [9.17, 15) is 10.1 Å². The fourth-order valence-corrected chi connectivity index (χ4v) is 3.39. The highest BCUT2D eigenvalue weighted by Crippen LogP contribution is 2.31. The summed E-state index contributed by atoms with van der Waals surface area (Å²) in [6, 6.07) is 0. The molecule has 0 aromatic heterocycles. The fraction of sp³-hybridized carbons (Fsp3) is 0.643. The lowest BCUT2D eigenvalue weighted by Crippen LogP contribution is -1.98. The number of hydrogen-bond donors (Lipinski definition) is 0. The van der Waals surface area contributed by atoms with Crippen LogP contribution in [0.4, 0.5) is 0 Å². The van der Waals surface area contributed by atoms with Gasteiger partial charge in [-0.25, -0.2) is 4.99 Å². The van der Waals surface area contributed by atoms with Crippen LogP contribution in [-0.2, 0) is 0 Å². The zero-order valence-electron chi connectivity index (χ0n) is 12.4. The Balaban J connectivity index is 4.38. The highest BCUT2D eigenvalue weighted by atomic mass is 33.1. The van der Waals surface area contributed by atoms with E-state index in [0.717, 1.165) is 11.5 Å². The molecule has 0 bridgehead atoms. The van der Waals surface area contributed by atoms with Crippen molar-refractivity contribution < 1.29 is 4.92 Å². The number of unbranched alkanes of at least 4 members (excludes halogenated alkanes) is 1. The van der Waals surface area contributed by atoms with Crippen molar-refractivity contribution in [3.63, 3.8) is 0 Å².